The molecular formula is C31H52. The highest BCUT2D eigenvalue weighted by molar-refractivity contribution is 5.25. The Bertz CT molecular complexity index is 682. The number of hydrogen-bond acceptors (Lipinski definition) is 0. The van der Waals surface area contributed by atoms with Gasteiger partial charge in [0.2, 0.25) is 0 Å². The topological polar surface area (TPSA) is 0 Å². The molecule has 0 aliphatic heterocycles. The molecule has 0 saturated heterocycles. The smallest absolute Gasteiger partial charge is 0.00851 e. The van der Waals surface area contributed by atoms with Gasteiger partial charge in [-0.15, -0.1) is 0 Å². The Hall–Kier alpha value is -0.520. The van der Waals surface area contributed by atoms with Crippen LogP contribution in [0.3, 0.4) is 0 Å². The molecule has 4 aliphatic carbocycles. The van der Waals surface area contributed by atoms with E-state index in [0.29, 0.717) is 10.8 Å². The van der Waals surface area contributed by atoms with E-state index in [4.69, 9.17) is 0 Å². The van der Waals surface area contributed by atoms with Crippen molar-refractivity contribution in [2.24, 2.45) is 58.2 Å². The molecule has 0 bridgehead atoms. The normalized spacial score (nSPS) is 44.5. The van der Waals surface area contributed by atoms with Gasteiger partial charge in [-0.3, -0.25) is 0 Å². The van der Waals surface area contributed by atoms with Crippen molar-refractivity contribution in [3.8, 4) is 0 Å². The first-order valence-electron chi connectivity index (χ1n) is 14.1. The second-order valence-corrected chi connectivity index (χ2v) is 13.1. The van der Waals surface area contributed by atoms with Crippen LogP contribution >= 0.6 is 0 Å². The van der Waals surface area contributed by atoms with Gasteiger partial charge in [0.1, 0.15) is 0 Å². The van der Waals surface area contributed by atoms with Gasteiger partial charge >= 0.3 is 0 Å². The van der Waals surface area contributed by atoms with Crippen LogP contribution in [0, 0.1) is 58.2 Å². The summed E-state index contributed by atoms with van der Waals surface area (Å²) in [5.74, 6) is 7.02. The van der Waals surface area contributed by atoms with Crippen LogP contribution in [0.1, 0.15) is 113 Å². The highest BCUT2D eigenvalue weighted by atomic mass is 14.6. The average Bonchev–Trinajstić information content (AvgIpc) is 3.10. The van der Waals surface area contributed by atoms with Crippen molar-refractivity contribution < 1.29 is 0 Å². The Morgan fingerprint density at radius 2 is 1.74 bits per heavy atom. The van der Waals surface area contributed by atoms with Gasteiger partial charge in [0.15, 0.2) is 0 Å². The van der Waals surface area contributed by atoms with E-state index < -0.39 is 0 Å². The lowest BCUT2D eigenvalue weighted by atomic mass is 9.46. The van der Waals surface area contributed by atoms with Crippen molar-refractivity contribution in [2.75, 3.05) is 0 Å². The summed E-state index contributed by atoms with van der Waals surface area (Å²) in [6.07, 6.45) is 22.4. The third-order valence-electron chi connectivity index (χ3n) is 11.5. The Morgan fingerprint density at radius 3 is 2.42 bits per heavy atom. The minimum Gasteiger partial charge on any atom is -0.0851 e. The highest BCUT2D eigenvalue weighted by Crippen LogP contribution is 2.67. The largest absolute Gasteiger partial charge is 0.0851 e. The molecule has 0 nitrogen and oxygen atoms in total. The van der Waals surface area contributed by atoms with Crippen molar-refractivity contribution in [1.82, 2.24) is 0 Å². The van der Waals surface area contributed by atoms with Crippen LogP contribution in [0.15, 0.2) is 23.8 Å². The summed E-state index contributed by atoms with van der Waals surface area (Å²) in [5.41, 5.74) is 2.98. The quantitative estimate of drug-likeness (QED) is 0.372. The molecule has 0 aromatic heterocycles. The molecule has 0 aromatic rings. The molecule has 4 rings (SSSR count). The average molecular weight is 425 g/mol. The fraction of sp³-hybridized carbons (Fsp3) is 0.871. The zero-order valence-electron chi connectivity index (χ0n) is 21.9. The monoisotopic (exact) mass is 424 g/mol. The van der Waals surface area contributed by atoms with Crippen LogP contribution < -0.4 is 0 Å². The zero-order chi connectivity index (χ0) is 22.4. The van der Waals surface area contributed by atoms with Crippen LogP contribution in [0.5, 0.6) is 0 Å². The summed E-state index contributed by atoms with van der Waals surface area (Å²) in [5, 5.41) is 0. The molecule has 176 valence electrons. The number of allylic oxidation sites excluding steroid dienone is 4. The molecule has 0 heteroatoms. The molecule has 9 atom stereocenters. The van der Waals surface area contributed by atoms with E-state index in [1.54, 1.807) is 0 Å². The summed E-state index contributed by atoms with van der Waals surface area (Å²) in [7, 11) is 0. The third kappa shape index (κ3) is 4.01. The van der Waals surface area contributed by atoms with Crippen LogP contribution in [0.4, 0.5) is 0 Å². The first kappa shape index (κ1) is 23.6. The minimum atomic E-state index is 0.533. The minimum absolute atomic E-state index is 0.533. The standard InChI is InChI=1S/C31H52/c1-8-23-16-18-30(6)25(20-23)12-13-26-28-15-14-27(31(28,7)19-17-29(26)30)22(5)10-11-24(9-2)21(3)4/h10-12,21-24,26-29H,8-9,13-20H2,1-7H3. The van der Waals surface area contributed by atoms with Gasteiger partial charge < -0.3 is 0 Å². The van der Waals surface area contributed by atoms with E-state index in [0.717, 1.165) is 47.3 Å². The van der Waals surface area contributed by atoms with Gasteiger partial charge in [-0.2, -0.15) is 0 Å². The Labute approximate surface area is 194 Å². The Kier molecular flexibility index (Phi) is 6.88. The molecule has 0 heterocycles. The lowest BCUT2D eigenvalue weighted by Crippen LogP contribution is -2.50. The van der Waals surface area contributed by atoms with Crippen molar-refractivity contribution in [3.05, 3.63) is 23.8 Å². The van der Waals surface area contributed by atoms with E-state index in [1.807, 2.05) is 5.57 Å². The fourth-order valence-electron chi connectivity index (χ4n) is 9.27. The van der Waals surface area contributed by atoms with Crippen LogP contribution in [-0.4, -0.2) is 0 Å². The predicted octanol–water partition coefficient (Wildman–Crippen LogP) is 9.47. The number of hydrogen-bond donors (Lipinski definition) is 0. The first-order chi connectivity index (χ1) is 14.7. The van der Waals surface area contributed by atoms with E-state index in [1.165, 1.54) is 64.2 Å². The van der Waals surface area contributed by atoms with Gasteiger partial charge in [-0.25, -0.2) is 0 Å². The first-order valence-corrected chi connectivity index (χ1v) is 14.1. The maximum absolute atomic E-state index is 2.76. The molecule has 0 spiro atoms. The van der Waals surface area contributed by atoms with Gasteiger partial charge in [-0.05, 0) is 116 Å². The molecule has 0 aromatic carbocycles. The summed E-state index contributed by atoms with van der Waals surface area (Å²) in [6.45, 7) is 17.5. The summed E-state index contributed by atoms with van der Waals surface area (Å²) in [6, 6.07) is 0. The Morgan fingerprint density at radius 1 is 0.968 bits per heavy atom. The maximum atomic E-state index is 2.76. The molecule has 3 saturated carbocycles. The van der Waals surface area contributed by atoms with Crippen molar-refractivity contribution in [3.63, 3.8) is 0 Å². The van der Waals surface area contributed by atoms with E-state index in [9.17, 15) is 0 Å². The van der Waals surface area contributed by atoms with Crippen LogP contribution in [0.25, 0.3) is 0 Å². The lowest BCUT2D eigenvalue weighted by Gasteiger charge is -2.58. The molecule has 0 N–H and O–H groups in total. The van der Waals surface area contributed by atoms with Crippen LogP contribution in [-0.2, 0) is 0 Å². The second kappa shape index (κ2) is 9.02. The van der Waals surface area contributed by atoms with Crippen molar-refractivity contribution >= 4 is 0 Å². The second-order valence-electron chi connectivity index (χ2n) is 13.1. The molecule has 3 fully saturated rings. The van der Waals surface area contributed by atoms with Crippen LogP contribution in [0.2, 0.25) is 0 Å². The third-order valence-corrected chi connectivity index (χ3v) is 11.5. The number of rotatable bonds is 6. The molecule has 0 amide bonds. The fourth-order valence-corrected chi connectivity index (χ4v) is 9.27. The van der Waals surface area contributed by atoms with E-state index in [-0.39, 0.29) is 0 Å². The van der Waals surface area contributed by atoms with Gasteiger partial charge in [0.05, 0.1) is 0 Å². The predicted molar refractivity (Wildman–Crippen MR) is 136 cm³/mol. The highest BCUT2D eigenvalue weighted by Gasteiger charge is 2.58. The molecular weight excluding hydrogens is 372 g/mol. The molecule has 9 unspecified atom stereocenters. The van der Waals surface area contributed by atoms with Crippen molar-refractivity contribution in [2.45, 2.75) is 113 Å². The number of fused-ring (bicyclic) bond motifs is 5. The van der Waals surface area contributed by atoms with E-state index >= 15 is 0 Å². The SMILES string of the molecule is CCC1CCC2(C)C(=CCC3C2CCC2(C)C(C(C)C=CC(CC)C(C)C)CCC32)C1. The van der Waals surface area contributed by atoms with E-state index in [2.05, 4.69) is 66.7 Å². The Balaban J connectivity index is 1.51. The molecule has 31 heavy (non-hydrogen) atoms. The van der Waals surface area contributed by atoms with Gasteiger partial charge in [0.25, 0.3) is 0 Å². The molecule has 0 radical (unpaired) electrons. The summed E-state index contributed by atoms with van der Waals surface area (Å²) >= 11 is 0. The van der Waals surface area contributed by atoms with Gasteiger partial charge in [-0.1, -0.05) is 78.7 Å². The molecule has 4 aliphatic rings. The zero-order valence-corrected chi connectivity index (χ0v) is 21.9. The summed E-state index contributed by atoms with van der Waals surface area (Å²) in [4.78, 5) is 0. The maximum Gasteiger partial charge on any atom is -0.00851 e. The van der Waals surface area contributed by atoms with Gasteiger partial charge in [0, 0.05) is 0 Å². The lowest BCUT2D eigenvalue weighted by molar-refractivity contribution is -0.0492. The van der Waals surface area contributed by atoms with Crippen molar-refractivity contribution in [1.29, 1.82) is 0 Å². The summed E-state index contributed by atoms with van der Waals surface area (Å²) < 4.78 is 0.